The third kappa shape index (κ3) is 6.88. The van der Waals surface area contributed by atoms with Crippen molar-refractivity contribution < 1.29 is 32.7 Å². The molecule has 1 aromatic carbocycles. The maximum atomic E-state index is 14.3. The maximum absolute atomic E-state index is 14.3. The van der Waals surface area contributed by atoms with Crippen LogP contribution in [-0.4, -0.2) is 38.7 Å². The van der Waals surface area contributed by atoms with Crippen LogP contribution in [0.25, 0.3) is 11.4 Å². The first-order chi connectivity index (χ1) is 17.0. The highest BCUT2D eigenvalue weighted by molar-refractivity contribution is 5.83. The van der Waals surface area contributed by atoms with Crippen LogP contribution in [0.4, 0.5) is 25.1 Å². The van der Waals surface area contributed by atoms with Gasteiger partial charge in [-0.05, 0) is 44.5 Å². The number of amides is 1. The molecule has 0 saturated carbocycles. The lowest BCUT2D eigenvalue weighted by atomic mass is 10.1. The number of pyridine rings is 1. The number of carbonyl (C=O) groups excluding carboxylic acids is 1. The molecule has 0 aliphatic heterocycles. The van der Waals surface area contributed by atoms with Crippen LogP contribution in [0.1, 0.15) is 32.0 Å². The van der Waals surface area contributed by atoms with Gasteiger partial charge in [0.25, 0.3) is 0 Å². The summed E-state index contributed by atoms with van der Waals surface area (Å²) in [7, 11) is 1.25. The molecule has 2 heterocycles. The second-order valence-corrected chi connectivity index (χ2v) is 8.42. The summed E-state index contributed by atoms with van der Waals surface area (Å²) in [5.74, 6) is -1.40. The van der Waals surface area contributed by atoms with E-state index in [9.17, 15) is 23.7 Å². The second-order valence-electron chi connectivity index (χ2n) is 8.42. The van der Waals surface area contributed by atoms with E-state index in [-0.39, 0.29) is 47.6 Å². The van der Waals surface area contributed by atoms with Gasteiger partial charge >= 0.3 is 11.8 Å². The lowest BCUT2D eigenvalue weighted by Crippen LogP contribution is -2.27. The van der Waals surface area contributed by atoms with Crippen LogP contribution in [0.3, 0.4) is 0 Å². The summed E-state index contributed by atoms with van der Waals surface area (Å²) in [4.78, 5) is 34.6. The van der Waals surface area contributed by atoms with Gasteiger partial charge in [0.2, 0.25) is 5.75 Å². The molecule has 0 aliphatic rings. The number of benzene rings is 1. The Kier molecular flexibility index (Phi) is 8.04. The molecule has 1 N–H and O–H groups in total. The van der Waals surface area contributed by atoms with Crippen LogP contribution in [0, 0.1) is 21.7 Å². The van der Waals surface area contributed by atoms with E-state index in [1.807, 2.05) is 0 Å². The zero-order valence-corrected chi connectivity index (χ0v) is 19.9. The minimum absolute atomic E-state index is 0.00632. The second kappa shape index (κ2) is 11.0. The number of methoxy groups -OCH3 is 1. The Hall–Kier alpha value is -4.26. The molecule has 0 atom stereocenters. The number of nitrogens with one attached hydrogen (secondary N) is 1. The highest BCUT2D eigenvalue weighted by Crippen LogP contribution is 2.38. The number of hydrogen-bond donors (Lipinski definition) is 1. The van der Waals surface area contributed by atoms with Crippen molar-refractivity contribution in [1.82, 2.24) is 15.0 Å². The zero-order valence-electron chi connectivity index (χ0n) is 19.9. The van der Waals surface area contributed by atoms with Crippen molar-refractivity contribution in [2.45, 2.75) is 39.6 Å². The summed E-state index contributed by atoms with van der Waals surface area (Å²) in [6.45, 7) is 4.60. The molecule has 36 heavy (non-hydrogen) atoms. The number of ether oxygens (including phenoxy) is 3. The molecule has 11 nitrogen and oxygen atoms in total. The first kappa shape index (κ1) is 26.3. The molecular formula is C23H23F2N5O6. The topological polar surface area (TPSA) is 139 Å². The standard InChI is InChI=1S/C23H23F2N5O6/c1-23(2,3)36-22(31)29-19-6-5-16(25)17(28-19)12-35-11-13-7-15(21-26-9-14(24)10-27-21)20(34-4)18(8-13)30(32)33/h5-10H,11-12H2,1-4H3,(H,28,29,31). The quantitative estimate of drug-likeness (QED) is 0.339. The molecule has 190 valence electrons. The number of nitrogens with zero attached hydrogens (tertiary/aromatic N) is 4. The van der Waals surface area contributed by atoms with Gasteiger partial charge in [-0.15, -0.1) is 0 Å². The summed E-state index contributed by atoms with van der Waals surface area (Å²) in [6.07, 6.45) is 1.09. The van der Waals surface area contributed by atoms with E-state index >= 15 is 0 Å². The van der Waals surface area contributed by atoms with Crippen molar-refractivity contribution >= 4 is 17.6 Å². The van der Waals surface area contributed by atoms with Crippen LogP contribution in [-0.2, 0) is 22.7 Å². The van der Waals surface area contributed by atoms with E-state index in [1.165, 1.54) is 25.3 Å². The number of anilines is 1. The molecule has 0 spiro atoms. The Bertz CT molecular complexity index is 1270. The Balaban J connectivity index is 1.79. The van der Waals surface area contributed by atoms with E-state index in [2.05, 4.69) is 20.3 Å². The SMILES string of the molecule is COc1c(-c2ncc(F)cn2)cc(COCc2nc(NC(=O)OC(C)(C)C)ccc2F)cc1[N+](=O)[O-]. The van der Waals surface area contributed by atoms with Crippen LogP contribution >= 0.6 is 0 Å². The lowest BCUT2D eigenvalue weighted by molar-refractivity contribution is -0.385. The summed E-state index contributed by atoms with van der Waals surface area (Å²) in [5.41, 5.74) is -0.732. The number of hydrogen-bond acceptors (Lipinski definition) is 9. The van der Waals surface area contributed by atoms with Crippen molar-refractivity contribution in [3.05, 3.63) is 69.7 Å². The Morgan fingerprint density at radius 1 is 1.14 bits per heavy atom. The summed E-state index contributed by atoms with van der Waals surface area (Å²) in [5, 5.41) is 14.0. The fourth-order valence-electron chi connectivity index (χ4n) is 3.05. The van der Waals surface area contributed by atoms with Gasteiger partial charge in [-0.1, -0.05) is 0 Å². The van der Waals surface area contributed by atoms with E-state index in [0.29, 0.717) is 5.56 Å². The van der Waals surface area contributed by atoms with E-state index in [1.54, 1.807) is 20.8 Å². The highest BCUT2D eigenvalue weighted by Gasteiger charge is 2.23. The first-order valence-electron chi connectivity index (χ1n) is 10.5. The summed E-state index contributed by atoms with van der Waals surface area (Å²) >= 11 is 0. The molecule has 0 bridgehead atoms. The smallest absolute Gasteiger partial charge is 0.413 e. The molecule has 0 radical (unpaired) electrons. The third-order valence-electron chi connectivity index (χ3n) is 4.45. The normalized spacial score (nSPS) is 11.2. The van der Waals surface area contributed by atoms with Crippen molar-refractivity contribution in [3.8, 4) is 17.1 Å². The van der Waals surface area contributed by atoms with E-state index in [4.69, 9.17) is 14.2 Å². The van der Waals surface area contributed by atoms with Gasteiger partial charge in [-0.25, -0.2) is 28.5 Å². The lowest BCUT2D eigenvalue weighted by Gasteiger charge is -2.19. The Morgan fingerprint density at radius 3 is 2.44 bits per heavy atom. The number of carbonyl (C=O) groups is 1. The minimum Gasteiger partial charge on any atom is -0.490 e. The number of nitro benzene ring substituents is 1. The molecule has 1 amide bonds. The molecule has 0 fully saturated rings. The van der Waals surface area contributed by atoms with Crippen LogP contribution in [0.5, 0.6) is 5.75 Å². The van der Waals surface area contributed by atoms with Crippen LogP contribution < -0.4 is 10.1 Å². The Morgan fingerprint density at radius 2 is 1.83 bits per heavy atom. The van der Waals surface area contributed by atoms with Gasteiger partial charge in [0.1, 0.15) is 22.9 Å². The molecule has 0 saturated heterocycles. The molecule has 3 aromatic rings. The van der Waals surface area contributed by atoms with Gasteiger partial charge in [0, 0.05) is 6.07 Å². The van der Waals surface area contributed by atoms with Crippen molar-refractivity contribution in [2.75, 3.05) is 12.4 Å². The van der Waals surface area contributed by atoms with Gasteiger partial charge in [0.05, 0.1) is 43.2 Å². The molecule has 0 aliphatic carbocycles. The molecular weight excluding hydrogens is 480 g/mol. The number of rotatable bonds is 8. The van der Waals surface area contributed by atoms with Gasteiger partial charge < -0.3 is 14.2 Å². The minimum atomic E-state index is -0.755. The van der Waals surface area contributed by atoms with E-state index < -0.39 is 28.3 Å². The van der Waals surface area contributed by atoms with Crippen LogP contribution in [0.2, 0.25) is 0 Å². The maximum Gasteiger partial charge on any atom is 0.413 e. The molecule has 13 heteroatoms. The van der Waals surface area contributed by atoms with E-state index in [0.717, 1.165) is 18.5 Å². The monoisotopic (exact) mass is 503 g/mol. The Labute approximate surface area is 204 Å². The number of nitro groups is 1. The highest BCUT2D eigenvalue weighted by atomic mass is 19.1. The average Bonchev–Trinajstić information content (AvgIpc) is 2.79. The van der Waals surface area contributed by atoms with Gasteiger partial charge in [-0.3, -0.25) is 15.4 Å². The summed E-state index contributed by atoms with van der Waals surface area (Å²) < 4.78 is 43.4. The predicted molar refractivity (Wildman–Crippen MR) is 123 cm³/mol. The predicted octanol–water partition coefficient (Wildman–Crippen LogP) is 4.80. The molecule has 2 aromatic heterocycles. The number of halogens is 2. The van der Waals surface area contributed by atoms with Crippen LogP contribution in [0.15, 0.2) is 36.7 Å². The van der Waals surface area contributed by atoms with Crippen molar-refractivity contribution in [3.63, 3.8) is 0 Å². The molecule has 3 rings (SSSR count). The zero-order chi connectivity index (χ0) is 26.5. The van der Waals surface area contributed by atoms with Crippen molar-refractivity contribution in [1.29, 1.82) is 0 Å². The summed E-state index contributed by atoms with van der Waals surface area (Å²) in [6, 6.07) is 5.10. The van der Waals surface area contributed by atoms with Crippen molar-refractivity contribution in [2.24, 2.45) is 0 Å². The van der Waals surface area contributed by atoms with Gasteiger partial charge in [-0.2, -0.15) is 0 Å². The largest absolute Gasteiger partial charge is 0.490 e. The number of aromatic nitrogens is 3. The average molecular weight is 503 g/mol. The fraction of sp³-hybridized carbons (Fsp3) is 0.304. The first-order valence-corrected chi connectivity index (χ1v) is 10.5. The van der Waals surface area contributed by atoms with Gasteiger partial charge in [0.15, 0.2) is 11.6 Å². The third-order valence-corrected chi connectivity index (χ3v) is 4.45. The molecule has 0 unspecified atom stereocenters. The fourth-order valence-corrected chi connectivity index (χ4v) is 3.05.